The molecule has 1 aromatic carbocycles. The summed E-state index contributed by atoms with van der Waals surface area (Å²) in [7, 11) is 3.19. The average Bonchev–Trinajstić information content (AvgIpc) is 2.91. The summed E-state index contributed by atoms with van der Waals surface area (Å²) < 4.78 is 22.7. The van der Waals surface area contributed by atoms with Gasteiger partial charge in [-0.2, -0.15) is 0 Å². The number of piperidine rings is 1. The van der Waals surface area contributed by atoms with Gasteiger partial charge in [0.2, 0.25) is 0 Å². The lowest BCUT2D eigenvalue weighted by molar-refractivity contribution is 0.00772. The highest BCUT2D eigenvalue weighted by molar-refractivity contribution is 6.10. The summed E-state index contributed by atoms with van der Waals surface area (Å²) in [6, 6.07) is 7.59. The van der Waals surface area contributed by atoms with Crippen molar-refractivity contribution in [2.75, 3.05) is 33.0 Å². The summed E-state index contributed by atoms with van der Waals surface area (Å²) in [6.45, 7) is 6.68. The van der Waals surface area contributed by atoms with Gasteiger partial charge in [-0.05, 0) is 57.2 Å². The first-order valence-corrected chi connectivity index (χ1v) is 12.9. The van der Waals surface area contributed by atoms with Crippen LogP contribution < -0.4 is 19.9 Å². The first-order chi connectivity index (χ1) is 18.6. The number of hydrogen-bond donors (Lipinski definition) is 1. The van der Waals surface area contributed by atoms with Gasteiger partial charge in [-0.25, -0.2) is 9.78 Å². The van der Waals surface area contributed by atoms with Gasteiger partial charge in [0.05, 0.1) is 38.2 Å². The zero-order valence-electron chi connectivity index (χ0n) is 22.9. The van der Waals surface area contributed by atoms with Crippen molar-refractivity contribution in [2.24, 2.45) is 0 Å². The maximum Gasteiger partial charge on any atom is 0.410 e. The molecule has 0 unspecified atom stereocenters. The number of benzene rings is 1. The van der Waals surface area contributed by atoms with Crippen LogP contribution in [0.3, 0.4) is 0 Å². The molecular formula is C29H33N5O5. The second kappa shape index (κ2) is 10.4. The lowest BCUT2D eigenvalue weighted by atomic mass is 10.0. The molecule has 1 fully saturated rings. The number of nitrogen functional groups attached to an aromatic ring is 1. The number of anilines is 1. The van der Waals surface area contributed by atoms with Gasteiger partial charge in [-0.1, -0.05) is 0 Å². The first-order valence-electron chi connectivity index (χ1n) is 12.9. The fourth-order valence-corrected chi connectivity index (χ4v) is 4.75. The highest BCUT2D eigenvalue weighted by atomic mass is 16.6. The molecule has 1 aliphatic heterocycles. The number of pyridine rings is 3. The van der Waals surface area contributed by atoms with Gasteiger partial charge in [0.1, 0.15) is 23.3 Å². The number of methoxy groups -OCH3 is 2. The molecule has 4 aromatic rings. The van der Waals surface area contributed by atoms with E-state index < -0.39 is 5.60 Å². The highest BCUT2D eigenvalue weighted by Gasteiger charge is 2.28. The van der Waals surface area contributed by atoms with E-state index in [1.54, 1.807) is 37.7 Å². The van der Waals surface area contributed by atoms with Crippen LogP contribution in [0.25, 0.3) is 32.9 Å². The van der Waals surface area contributed by atoms with Crippen LogP contribution in [0.15, 0.2) is 42.9 Å². The summed E-state index contributed by atoms with van der Waals surface area (Å²) in [4.78, 5) is 27.8. The molecule has 0 aliphatic carbocycles. The minimum atomic E-state index is -0.545. The SMILES string of the molecule is COc1cc2ncc3c(N)nc(-c4cncc(O[C@@H]5CCCN(C(=O)OC(C)(C)C)C5)c4)cc3c2cc1OC. The second-order valence-electron chi connectivity index (χ2n) is 10.6. The normalized spacial score (nSPS) is 15.8. The Labute approximate surface area is 227 Å². The van der Waals surface area contributed by atoms with Crippen molar-refractivity contribution in [3.05, 3.63) is 42.9 Å². The largest absolute Gasteiger partial charge is 0.493 e. The van der Waals surface area contributed by atoms with Gasteiger partial charge in [0.25, 0.3) is 0 Å². The lowest BCUT2D eigenvalue weighted by Crippen LogP contribution is -2.46. The molecule has 0 spiro atoms. The third-order valence-corrected chi connectivity index (χ3v) is 6.55. The first kappa shape index (κ1) is 26.3. The third-order valence-electron chi connectivity index (χ3n) is 6.55. The molecule has 2 N–H and O–H groups in total. The fourth-order valence-electron chi connectivity index (χ4n) is 4.75. The number of likely N-dealkylation sites (tertiary alicyclic amines) is 1. The van der Waals surface area contributed by atoms with Crippen LogP contribution in [0.2, 0.25) is 0 Å². The Morgan fingerprint density at radius 2 is 1.77 bits per heavy atom. The number of hydrogen-bond acceptors (Lipinski definition) is 9. The number of nitrogens with zero attached hydrogens (tertiary/aromatic N) is 4. The smallest absolute Gasteiger partial charge is 0.410 e. The molecule has 10 heteroatoms. The lowest BCUT2D eigenvalue weighted by Gasteiger charge is -2.34. The summed E-state index contributed by atoms with van der Waals surface area (Å²) in [5.41, 5.74) is 7.99. The van der Waals surface area contributed by atoms with Crippen molar-refractivity contribution >= 4 is 33.6 Å². The van der Waals surface area contributed by atoms with Crippen LogP contribution in [0.1, 0.15) is 33.6 Å². The number of amides is 1. The fraction of sp³-hybridized carbons (Fsp3) is 0.379. The Morgan fingerprint density at radius 1 is 1.00 bits per heavy atom. The van der Waals surface area contributed by atoms with Crippen LogP contribution >= 0.6 is 0 Å². The molecule has 3 aromatic heterocycles. The van der Waals surface area contributed by atoms with E-state index in [-0.39, 0.29) is 12.2 Å². The average molecular weight is 532 g/mol. The molecule has 1 saturated heterocycles. The molecule has 39 heavy (non-hydrogen) atoms. The van der Waals surface area contributed by atoms with Gasteiger partial charge >= 0.3 is 6.09 Å². The Morgan fingerprint density at radius 3 is 2.51 bits per heavy atom. The Balaban J connectivity index is 1.44. The molecule has 1 amide bonds. The van der Waals surface area contributed by atoms with Crippen LogP contribution in [-0.4, -0.2) is 65.0 Å². The predicted molar refractivity (Wildman–Crippen MR) is 149 cm³/mol. The van der Waals surface area contributed by atoms with E-state index in [4.69, 9.17) is 24.7 Å². The zero-order valence-corrected chi connectivity index (χ0v) is 22.9. The van der Waals surface area contributed by atoms with Crippen molar-refractivity contribution < 1.29 is 23.7 Å². The molecule has 5 rings (SSSR count). The minimum Gasteiger partial charge on any atom is -0.493 e. The Kier molecular flexibility index (Phi) is 7.03. The standard InChI is InChI=1S/C29H33N5O5/c1-29(2,3)39-28(35)34-8-6-7-18(16-34)38-19-9-17(13-31-14-19)23-10-20-21-11-25(36-4)26(37-5)12-24(21)32-15-22(20)27(30)33-23/h9-15,18H,6-8,16H2,1-5H3,(H2,30,33)/t18-/m1/s1. The quantitative estimate of drug-likeness (QED) is 0.345. The second-order valence-corrected chi connectivity index (χ2v) is 10.6. The van der Waals surface area contributed by atoms with E-state index in [9.17, 15) is 4.79 Å². The molecular weight excluding hydrogens is 498 g/mol. The van der Waals surface area contributed by atoms with Crippen LogP contribution in [0, 0.1) is 0 Å². The Hall–Kier alpha value is -4.34. The van der Waals surface area contributed by atoms with Crippen molar-refractivity contribution in [1.82, 2.24) is 19.9 Å². The van der Waals surface area contributed by atoms with Crippen LogP contribution in [0.4, 0.5) is 10.6 Å². The maximum absolute atomic E-state index is 12.6. The van der Waals surface area contributed by atoms with Crippen LogP contribution in [-0.2, 0) is 4.74 Å². The summed E-state index contributed by atoms with van der Waals surface area (Å²) in [5, 5.41) is 2.49. The monoisotopic (exact) mass is 531 g/mol. The molecule has 10 nitrogen and oxygen atoms in total. The molecule has 0 radical (unpaired) electrons. The molecule has 0 saturated carbocycles. The van der Waals surface area contributed by atoms with E-state index in [0.29, 0.717) is 41.8 Å². The minimum absolute atomic E-state index is 0.171. The van der Waals surface area contributed by atoms with Crippen LogP contribution in [0.5, 0.6) is 17.2 Å². The third kappa shape index (κ3) is 5.59. The zero-order chi connectivity index (χ0) is 27.7. The van der Waals surface area contributed by atoms with Crippen molar-refractivity contribution in [3.8, 4) is 28.5 Å². The number of carbonyl (C=O) groups excluding carboxylic acids is 1. The highest BCUT2D eigenvalue weighted by Crippen LogP contribution is 2.37. The van der Waals surface area contributed by atoms with E-state index >= 15 is 0 Å². The van der Waals surface area contributed by atoms with Crippen molar-refractivity contribution in [3.63, 3.8) is 0 Å². The molecule has 1 atom stereocenters. The number of fused-ring (bicyclic) bond motifs is 3. The molecule has 4 heterocycles. The number of nitrogens with two attached hydrogens (primary N) is 1. The Bertz CT molecular complexity index is 1530. The van der Waals surface area contributed by atoms with Crippen molar-refractivity contribution in [2.45, 2.75) is 45.3 Å². The molecule has 204 valence electrons. The van der Waals surface area contributed by atoms with Gasteiger partial charge < -0.3 is 29.6 Å². The van der Waals surface area contributed by atoms with Crippen molar-refractivity contribution in [1.29, 1.82) is 0 Å². The van der Waals surface area contributed by atoms with E-state index in [0.717, 1.165) is 40.1 Å². The number of rotatable bonds is 5. The van der Waals surface area contributed by atoms with E-state index in [2.05, 4.69) is 15.0 Å². The van der Waals surface area contributed by atoms with E-state index in [1.807, 2.05) is 45.0 Å². The molecule has 0 bridgehead atoms. The van der Waals surface area contributed by atoms with Gasteiger partial charge in [0, 0.05) is 41.3 Å². The topological polar surface area (TPSA) is 122 Å². The number of aromatic nitrogens is 3. The number of carbonyl (C=O) groups is 1. The summed E-state index contributed by atoms with van der Waals surface area (Å²) >= 11 is 0. The predicted octanol–water partition coefficient (Wildman–Crippen LogP) is 5.22. The summed E-state index contributed by atoms with van der Waals surface area (Å²) in [6.07, 6.45) is 6.26. The van der Waals surface area contributed by atoms with E-state index in [1.165, 1.54) is 0 Å². The van der Waals surface area contributed by atoms with Gasteiger partial charge in [-0.3, -0.25) is 9.97 Å². The van der Waals surface area contributed by atoms with Gasteiger partial charge in [0.15, 0.2) is 11.5 Å². The maximum atomic E-state index is 12.6. The summed E-state index contributed by atoms with van der Waals surface area (Å²) in [5.74, 6) is 2.15. The molecule has 1 aliphatic rings. The van der Waals surface area contributed by atoms with Gasteiger partial charge in [-0.15, -0.1) is 0 Å². The number of ether oxygens (including phenoxy) is 4.